The molecule has 4 atom stereocenters. The van der Waals surface area contributed by atoms with Gasteiger partial charge in [0.2, 0.25) is 0 Å². The van der Waals surface area contributed by atoms with Crippen LogP contribution in [0.25, 0.3) is 0 Å². The van der Waals surface area contributed by atoms with Gasteiger partial charge >= 0.3 is 11.9 Å². The number of carboxylic acids is 1. The van der Waals surface area contributed by atoms with E-state index in [1.807, 2.05) is 24.3 Å². The first kappa shape index (κ1) is 20.5. The van der Waals surface area contributed by atoms with Crippen molar-refractivity contribution in [1.82, 2.24) is 0 Å². The Morgan fingerprint density at radius 1 is 1.31 bits per heavy atom. The highest BCUT2D eigenvalue weighted by molar-refractivity contribution is 5.86. The summed E-state index contributed by atoms with van der Waals surface area (Å²) in [6, 6.07) is 7.41. The quantitative estimate of drug-likeness (QED) is 0.529. The summed E-state index contributed by atoms with van der Waals surface area (Å²) in [5.74, 6) is -1.32. The van der Waals surface area contributed by atoms with Crippen molar-refractivity contribution in [3.63, 3.8) is 0 Å². The number of carbonyl (C=O) groups is 2. The number of esters is 1. The van der Waals surface area contributed by atoms with Crippen LogP contribution >= 0.6 is 12.4 Å². The highest BCUT2D eigenvalue weighted by Crippen LogP contribution is 2.61. The molecule has 7 heteroatoms. The lowest BCUT2D eigenvalue weighted by Crippen LogP contribution is -2.50. The van der Waals surface area contributed by atoms with E-state index in [0.29, 0.717) is 19.4 Å². The molecule has 0 unspecified atom stereocenters. The second kappa shape index (κ2) is 8.27. The van der Waals surface area contributed by atoms with Gasteiger partial charge in [-0.25, -0.2) is 0 Å². The minimum absolute atomic E-state index is 0. The van der Waals surface area contributed by atoms with Crippen LogP contribution in [0.15, 0.2) is 24.3 Å². The Morgan fingerprint density at radius 3 is 2.58 bits per heavy atom. The molecule has 2 fully saturated rings. The van der Waals surface area contributed by atoms with E-state index in [4.69, 9.17) is 20.3 Å². The first-order valence-electron chi connectivity index (χ1n) is 8.88. The maximum Gasteiger partial charge on any atom is 0.326 e. The Labute approximate surface area is 159 Å². The highest BCUT2D eigenvalue weighted by atomic mass is 35.5. The molecule has 3 N–H and O–H groups in total. The molecule has 0 amide bonds. The van der Waals surface area contributed by atoms with Crippen LogP contribution in [0, 0.1) is 17.8 Å². The van der Waals surface area contributed by atoms with Crippen molar-refractivity contribution >= 4 is 24.3 Å². The van der Waals surface area contributed by atoms with Gasteiger partial charge in [-0.1, -0.05) is 25.5 Å². The monoisotopic (exact) mass is 383 g/mol. The molecule has 0 bridgehead atoms. The number of unbranched alkanes of at least 4 members (excludes halogenated alkanes) is 1. The number of benzene rings is 1. The first-order valence-corrected chi connectivity index (χ1v) is 8.88. The zero-order chi connectivity index (χ0) is 18.0. The molecule has 144 valence electrons. The summed E-state index contributed by atoms with van der Waals surface area (Å²) in [6.45, 7) is 2.92. The van der Waals surface area contributed by atoms with Crippen LogP contribution in [0.1, 0.15) is 38.2 Å². The number of fused-ring (bicyclic) bond motifs is 1. The van der Waals surface area contributed by atoms with Gasteiger partial charge in [0.25, 0.3) is 0 Å². The van der Waals surface area contributed by atoms with Crippen molar-refractivity contribution in [3.8, 4) is 5.75 Å². The Balaban J connectivity index is 0.00000243. The van der Waals surface area contributed by atoms with Gasteiger partial charge in [0.05, 0.1) is 12.5 Å². The second-order valence-electron chi connectivity index (χ2n) is 7.05. The van der Waals surface area contributed by atoms with Gasteiger partial charge < -0.3 is 20.3 Å². The molecule has 2 saturated carbocycles. The smallest absolute Gasteiger partial charge is 0.326 e. The number of hydrogen-bond donors (Lipinski definition) is 2. The van der Waals surface area contributed by atoms with Gasteiger partial charge in [-0.15, -0.1) is 12.4 Å². The number of hydrogen-bond acceptors (Lipinski definition) is 5. The number of halogens is 1. The average molecular weight is 384 g/mol. The summed E-state index contributed by atoms with van der Waals surface area (Å²) >= 11 is 0. The summed E-state index contributed by atoms with van der Waals surface area (Å²) in [6.07, 6.45) is 3.27. The Hall–Kier alpha value is -1.79. The standard InChI is InChI=1S/C19H25NO5.ClH/c1-2-3-10-24-13-6-4-12(5-7-13)11-25-18(23)19(20)9-8-14-15(16(14)19)17(21)22;/h4-7,14-16H,2-3,8-11,20H2,1H3,(H,21,22);1H/t14-,15-,16-,19-;/m0./s1. The van der Waals surface area contributed by atoms with Crippen molar-refractivity contribution in [1.29, 1.82) is 0 Å². The lowest BCUT2D eigenvalue weighted by molar-refractivity contribution is -0.152. The molecule has 26 heavy (non-hydrogen) atoms. The lowest BCUT2D eigenvalue weighted by Gasteiger charge is -2.24. The molecular formula is C19H26ClNO5. The van der Waals surface area contributed by atoms with E-state index >= 15 is 0 Å². The van der Waals surface area contributed by atoms with Gasteiger partial charge in [-0.2, -0.15) is 0 Å². The summed E-state index contributed by atoms with van der Waals surface area (Å²) in [5.41, 5.74) is 5.91. The van der Waals surface area contributed by atoms with Crippen LogP contribution in [0.5, 0.6) is 5.75 Å². The number of carbonyl (C=O) groups excluding carboxylic acids is 1. The van der Waals surface area contributed by atoms with E-state index in [2.05, 4.69) is 6.92 Å². The summed E-state index contributed by atoms with van der Waals surface area (Å²) in [7, 11) is 0. The fourth-order valence-corrected chi connectivity index (χ4v) is 3.88. The Bertz CT molecular complexity index is 650. The maximum absolute atomic E-state index is 12.4. The predicted octanol–water partition coefficient (Wildman–Crippen LogP) is 2.77. The van der Waals surface area contributed by atoms with Crippen molar-refractivity contribution in [2.24, 2.45) is 23.5 Å². The van der Waals surface area contributed by atoms with Gasteiger partial charge in [0.1, 0.15) is 17.9 Å². The van der Waals surface area contributed by atoms with Crippen molar-refractivity contribution in [3.05, 3.63) is 29.8 Å². The van der Waals surface area contributed by atoms with Crippen LogP contribution in [0.3, 0.4) is 0 Å². The largest absolute Gasteiger partial charge is 0.494 e. The first-order chi connectivity index (χ1) is 12.0. The van der Waals surface area contributed by atoms with Gasteiger partial charge in [-0.05, 0) is 42.9 Å². The minimum Gasteiger partial charge on any atom is -0.494 e. The SMILES string of the molecule is CCCCOc1ccc(COC(=O)[C@]2(N)CC[C@H]3[C@H](C(=O)O)[C@H]32)cc1.Cl. The topological polar surface area (TPSA) is 98.9 Å². The fourth-order valence-electron chi connectivity index (χ4n) is 3.88. The molecule has 1 aromatic carbocycles. The lowest BCUT2D eigenvalue weighted by atomic mass is 9.91. The normalized spacial score (nSPS) is 28.6. The van der Waals surface area contributed by atoms with Crippen LogP contribution in [0.2, 0.25) is 0 Å². The van der Waals surface area contributed by atoms with Gasteiger partial charge in [-0.3, -0.25) is 9.59 Å². The van der Waals surface area contributed by atoms with Gasteiger partial charge in [0, 0.05) is 5.92 Å². The third-order valence-corrected chi connectivity index (χ3v) is 5.38. The van der Waals surface area contributed by atoms with E-state index in [9.17, 15) is 9.59 Å². The molecule has 0 saturated heterocycles. The molecule has 6 nitrogen and oxygen atoms in total. The van der Waals surface area contributed by atoms with E-state index in [0.717, 1.165) is 24.2 Å². The third kappa shape index (κ3) is 3.96. The maximum atomic E-state index is 12.4. The fraction of sp³-hybridized carbons (Fsp3) is 0.579. The van der Waals surface area contributed by atoms with E-state index in [-0.39, 0.29) is 30.8 Å². The molecule has 0 radical (unpaired) electrons. The number of nitrogens with two attached hydrogens (primary N) is 1. The Morgan fingerprint density at radius 2 is 2.00 bits per heavy atom. The van der Waals surface area contributed by atoms with E-state index < -0.39 is 23.4 Å². The third-order valence-electron chi connectivity index (χ3n) is 5.38. The van der Waals surface area contributed by atoms with Crippen molar-refractivity contribution in [2.75, 3.05) is 6.61 Å². The molecule has 1 aromatic rings. The Kier molecular flexibility index (Phi) is 6.53. The van der Waals surface area contributed by atoms with E-state index in [1.54, 1.807) is 0 Å². The molecule has 2 aliphatic carbocycles. The van der Waals surface area contributed by atoms with Crippen molar-refractivity contribution in [2.45, 2.75) is 44.8 Å². The van der Waals surface area contributed by atoms with Gasteiger partial charge in [0.15, 0.2) is 0 Å². The number of carboxylic acid groups (broad SMARTS) is 1. The summed E-state index contributed by atoms with van der Waals surface area (Å²) in [5, 5.41) is 9.16. The zero-order valence-electron chi connectivity index (χ0n) is 14.8. The number of ether oxygens (including phenoxy) is 2. The van der Waals surface area contributed by atoms with Crippen LogP contribution in [-0.2, 0) is 20.9 Å². The highest BCUT2D eigenvalue weighted by Gasteiger charge is 2.70. The number of aliphatic carboxylic acids is 1. The van der Waals surface area contributed by atoms with Crippen LogP contribution < -0.4 is 10.5 Å². The predicted molar refractivity (Wildman–Crippen MR) is 98.1 cm³/mol. The minimum atomic E-state index is -1.16. The molecule has 0 heterocycles. The van der Waals surface area contributed by atoms with E-state index in [1.165, 1.54) is 0 Å². The summed E-state index contributed by atoms with van der Waals surface area (Å²) in [4.78, 5) is 23.6. The molecule has 0 aliphatic heterocycles. The van der Waals surface area contributed by atoms with Crippen LogP contribution in [0.4, 0.5) is 0 Å². The molecule has 2 aliphatic rings. The average Bonchev–Trinajstić information content (AvgIpc) is 3.25. The summed E-state index contributed by atoms with van der Waals surface area (Å²) < 4.78 is 11.0. The molecule has 3 rings (SSSR count). The zero-order valence-corrected chi connectivity index (χ0v) is 15.7. The van der Waals surface area contributed by atoms with Crippen molar-refractivity contribution < 1.29 is 24.2 Å². The molecular weight excluding hydrogens is 358 g/mol. The van der Waals surface area contributed by atoms with Crippen LogP contribution in [-0.4, -0.2) is 29.2 Å². The molecule has 0 spiro atoms. The number of rotatable bonds is 8. The second-order valence-corrected chi connectivity index (χ2v) is 7.05. The molecule has 0 aromatic heterocycles.